The largest absolute Gasteiger partial charge is 0.298 e. The van der Waals surface area contributed by atoms with Crippen LogP contribution in [0.4, 0.5) is 0 Å². The Balaban J connectivity index is 2.00. The summed E-state index contributed by atoms with van der Waals surface area (Å²) < 4.78 is 3.31. The minimum absolute atomic E-state index is 0.178. The van der Waals surface area contributed by atoms with Crippen molar-refractivity contribution in [2.75, 3.05) is 0 Å². The molecule has 0 amide bonds. The first-order chi connectivity index (χ1) is 10.7. The molecule has 0 heterocycles. The Hall–Kier alpha value is -1.29. The highest BCUT2D eigenvalue weighted by molar-refractivity contribution is 7.97. The van der Waals surface area contributed by atoms with Crippen molar-refractivity contribution in [1.29, 1.82) is 0 Å². The van der Waals surface area contributed by atoms with E-state index in [-0.39, 0.29) is 11.8 Å². The molecule has 2 aromatic rings. The molecular formula is C18H20ClNOS. The summed E-state index contributed by atoms with van der Waals surface area (Å²) in [5.74, 6) is 0.257. The van der Waals surface area contributed by atoms with E-state index in [1.54, 1.807) is 0 Å². The van der Waals surface area contributed by atoms with Gasteiger partial charge in [0.05, 0.1) is 6.04 Å². The van der Waals surface area contributed by atoms with Crippen LogP contribution in [0, 0.1) is 0 Å². The number of rotatable bonds is 8. The highest BCUT2D eigenvalue weighted by Gasteiger charge is 2.18. The Bertz CT molecular complexity index is 586. The molecule has 2 aromatic carbocycles. The lowest BCUT2D eigenvalue weighted by atomic mass is 10.0. The lowest BCUT2D eigenvalue weighted by molar-refractivity contribution is -0.120. The van der Waals surface area contributed by atoms with Gasteiger partial charge in [-0.1, -0.05) is 48.9 Å². The highest BCUT2D eigenvalue weighted by Crippen LogP contribution is 2.19. The van der Waals surface area contributed by atoms with Crippen molar-refractivity contribution >= 4 is 29.3 Å². The summed E-state index contributed by atoms with van der Waals surface area (Å²) in [6, 6.07) is 17.5. The van der Waals surface area contributed by atoms with Crippen LogP contribution in [-0.4, -0.2) is 11.8 Å². The summed E-state index contributed by atoms with van der Waals surface area (Å²) in [4.78, 5) is 13.4. The second kappa shape index (κ2) is 8.99. The second-order valence-electron chi connectivity index (χ2n) is 5.13. The number of halogens is 1. The molecule has 0 bridgehead atoms. The first-order valence-corrected chi connectivity index (χ1v) is 8.63. The van der Waals surface area contributed by atoms with Crippen LogP contribution in [0.25, 0.3) is 0 Å². The van der Waals surface area contributed by atoms with Gasteiger partial charge < -0.3 is 0 Å². The van der Waals surface area contributed by atoms with Gasteiger partial charge in [0.1, 0.15) is 0 Å². The first-order valence-electron chi connectivity index (χ1n) is 7.43. The molecule has 0 saturated carbocycles. The fraction of sp³-hybridized carbons (Fsp3) is 0.278. The molecule has 0 aliphatic heterocycles. The van der Waals surface area contributed by atoms with E-state index < -0.39 is 0 Å². The molecule has 0 spiro atoms. The third kappa shape index (κ3) is 5.48. The van der Waals surface area contributed by atoms with Gasteiger partial charge in [0.25, 0.3) is 0 Å². The number of ketones is 1. The molecule has 0 saturated heterocycles. The molecule has 4 heteroatoms. The van der Waals surface area contributed by atoms with Crippen molar-refractivity contribution in [1.82, 2.24) is 4.72 Å². The lowest BCUT2D eigenvalue weighted by Crippen LogP contribution is -2.34. The Morgan fingerprint density at radius 1 is 1.14 bits per heavy atom. The van der Waals surface area contributed by atoms with E-state index in [4.69, 9.17) is 11.6 Å². The van der Waals surface area contributed by atoms with Crippen molar-refractivity contribution in [3.8, 4) is 0 Å². The summed E-state index contributed by atoms with van der Waals surface area (Å²) >= 11 is 7.37. The quantitative estimate of drug-likeness (QED) is 0.695. The molecule has 0 fully saturated rings. The lowest BCUT2D eigenvalue weighted by Gasteiger charge is -2.17. The van der Waals surface area contributed by atoms with Crippen LogP contribution >= 0.6 is 23.5 Å². The number of nitrogens with one attached hydrogen (secondary N) is 1. The van der Waals surface area contributed by atoms with Crippen molar-refractivity contribution in [3.63, 3.8) is 0 Å². The van der Waals surface area contributed by atoms with Crippen molar-refractivity contribution in [2.45, 2.75) is 37.1 Å². The zero-order valence-corrected chi connectivity index (χ0v) is 14.2. The van der Waals surface area contributed by atoms with Crippen LogP contribution in [0.15, 0.2) is 59.5 Å². The standard InChI is InChI=1S/C18H20ClNOS/c1-2-6-18(21)17(13-14-7-4-3-5-8-14)20-22-16-11-9-15(19)10-12-16/h3-5,7-12,17,20H,2,6,13H2,1H3. The van der Waals surface area contributed by atoms with Gasteiger partial charge in [0, 0.05) is 16.3 Å². The predicted molar refractivity (Wildman–Crippen MR) is 94.3 cm³/mol. The zero-order chi connectivity index (χ0) is 15.8. The first kappa shape index (κ1) is 17.1. The van der Waals surface area contributed by atoms with Crippen molar-refractivity contribution in [3.05, 3.63) is 65.2 Å². The molecule has 0 radical (unpaired) electrons. The second-order valence-corrected chi connectivity index (χ2v) is 6.48. The summed E-state index contributed by atoms with van der Waals surface area (Å²) in [5, 5.41) is 0.715. The van der Waals surface area contributed by atoms with Crippen LogP contribution in [0.3, 0.4) is 0 Å². The maximum absolute atomic E-state index is 12.3. The van der Waals surface area contributed by atoms with Crippen LogP contribution in [0.5, 0.6) is 0 Å². The van der Waals surface area contributed by atoms with E-state index in [9.17, 15) is 4.79 Å². The van der Waals surface area contributed by atoms with Crippen molar-refractivity contribution in [2.24, 2.45) is 0 Å². The van der Waals surface area contributed by atoms with Gasteiger partial charge in [-0.3, -0.25) is 4.79 Å². The van der Waals surface area contributed by atoms with Gasteiger partial charge in [-0.15, -0.1) is 0 Å². The Kier molecular flexibility index (Phi) is 6.97. The third-order valence-electron chi connectivity index (χ3n) is 3.30. The molecule has 1 atom stereocenters. The van der Waals surface area contributed by atoms with E-state index in [0.717, 1.165) is 11.3 Å². The fourth-order valence-corrected chi connectivity index (χ4v) is 3.02. The monoisotopic (exact) mass is 333 g/mol. The minimum atomic E-state index is -0.178. The number of carbonyl (C=O) groups is 1. The molecule has 0 aliphatic carbocycles. The molecule has 2 nitrogen and oxygen atoms in total. The van der Waals surface area contributed by atoms with E-state index in [0.29, 0.717) is 17.9 Å². The van der Waals surface area contributed by atoms with Gasteiger partial charge in [-0.05, 0) is 54.6 Å². The number of carbonyl (C=O) groups excluding carboxylic acids is 1. The van der Waals surface area contributed by atoms with Crippen LogP contribution in [0.1, 0.15) is 25.3 Å². The minimum Gasteiger partial charge on any atom is -0.298 e. The van der Waals surface area contributed by atoms with E-state index in [1.807, 2.05) is 49.4 Å². The molecule has 22 heavy (non-hydrogen) atoms. The zero-order valence-electron chi connectivity index (χ0n) is 12.6. The van der Waals surface area contributed by atoms with Gasteiger partial charge in [0.2, 0.25) is 0 Å². The Morgan fingerprint density at radius 2 is 1.82 bits per heavy atom. The highest BCUT2D eigenvalue weighted by atomic mass is 35.5. The Labute approximate surface area is 141 Å². The number of hydrogen-bond donors (Lipinski definition) is 1. The SMILES string of the molecule is CCCC(=O)C(Cc1ccccc1)NSc1ccc(Cl)cc1. The van der Waals surface area contributed by atoms with Crippen molar-refractivity contribution < 1.29 is 4.79 Å². The summed E-state index contributed by atoms with van der Waals surface area (Å²) in [5.41, 5.74) is 1.17. The van der Waals surface area contributed by atoms with Gasteiger partial charge >= 0.3 is 0 Å². The van der Waals surface area contributed by atoms with E-state index in [1.165, 1.54) is 17.5 Å². The molecule has 116 valence electrons. The fourth-order valence-electron chi connectivity index (χ4n) is 2.13. The average molecular weight is 334 g/mol. The van der Waals surface area contributed by atoms with Gasteiger partial charge in [-0.25, -0.2) is 4.72 Å². The van der Waals surface area contributed by atoms with E-state index in [2.05, 4.69) is 16.9 Å². The molecule has 1 unspecified atom stereocenters. The van der Waals surface area contributed by atoms with Crippen LogP contribution < -0.4 is 4.72 Å². The summed E-state index contributed by atoms with van der Waals surface area (Å²) in [6.07, 6.45) is 2.18. The summed E-state index contributed by atoms with van der Waals surface area (Å²) in [7, 11) is 0. The van der Waals surface area contributed by atoms with E-state index >= 15 is 0 Å². The maximum atomic E-state index is 12.3. The normalized spacial score (nSPS) is 12.1. The number of hydrogen-bond acceptors (Lipinski definition) is 3. The summed E-state index contributed by atoms with van der Waals surface area (Å²) in [6.45, 7) is 2.03. The number of Topliss-reactive ketones (excluding diaryl/α,β-unsaturated/α-hetero) is 1. The predicted octanol–water partition coefficient (Wildman–Crippen LogP) is 4.92. The van der Waals surface area contributed by atoms with Crippen LogP contribution in [0.2, 0.25) is 5.02 Å². The topological polar surface area (TPSA) is 29.1 Å². The van der Waals surface area contributed by atoms with Gasteiger partial charge in [0.15, 0.2) is 5.78 Å². The molecule has 1 N–H and O–H groups in total. The molecular weight excluding hydrogens is 314 g/mol. The van der Waals surface area contributed by atoms with Crippen LogP contribution in [-0.2, 0) is 11.2 Å². The maximum Gasteiger partial charge on any atom is 0.150 e. The molecule has 0 aliphatic rings. The number of benzene rings is 2. The molecule has 0 aromatic heterocycles. The molecule has 2 rings (SSSR count). The Morgan fingerprint density at radius 3 is 2.45 bits per heavy atom. The third-order valence-corrected chi connectivity index (χ3v) is 4.46. The average Bonchev–Trinajstić information content (AvgIpc) is 2.54. The smallest absolute Gasteiger partial charge is 0.150 e. The van der Waals surface area contributed by atoms with Gasteiger partial charge in [-0.2, -0.15) is 0 Å².